The summed E-state index contributed by atoms with van der Waals surface area (Å²) in [6.45, 7) is 5.06. The number of anilines is 2. The Morgan fingerprint density at radius 3 is 2.73 bits per heavy atom. The lowest BCUT2D eigenvalue weighted by atomic mass is 9.86. The fourth-order valence-corrected chi connectivity index (χ4v) is 3.86. The van der Waals surface area contributed by atoms with Crippen LogP contribution >= 0.6 is 0 Å². The van der Waals surface area contributed by atoms with Crippen LogP contribution in [0.1, 0.15) is 58.8 Å². The number of carbonyl (C=O) groups is 1. The average Bonchev–Trinajstić information content (AvgIpc) is 2.52. The number of hydrogen-bond donors (Lipinski definition) is 1. The van der Waals surface area contributed by atoms with Crippen LogP contribution in [0.2, 0.25) is 0 Å². The largest absolute Gasteiger partial charge is 0.377 e. The van der Waals surface area contributed by atoms with Crippen LogP contribution in [0.25, 0.3) is 0 Å². The zero-order valence-electron chi connectivity index (χ0n) is 13.9. The van der Waals surface area contributed by atoms with Gasteiger partial charge in [0.15, 0.2) is 0 Å². The smallest absolute Gasteiger partial charge is 0.227 e. The third-order valence-electron chi connectivity index (χ3n) is 5.01. The van der Waals surface area contributed by atoms with Crippen LogP contribution < -0.4 is 10.2 Å². The molecule has 120 valence electrons. The molecule has 0 spiro atoms. The minimum absolute atomic E-state index is 0.0746. The molecule has 3 heteroatoms. The Labute approximate surface area is 134 Å². The van der Waals surface area contributed by atoms with Crippen molar-refractivity contribution in [3.63, 3.8) is 0 Å². The van der Waals surface area contributed by atoms with Gasteiger partial charge in [-0.2, -0.15) is 0 Å². The van der Waals surface area contributed by atoms with Gasteiger partial charge in [0.25, 0.3) is 0 Å². The van der Waals surface area contributed by atoms with Crippen molar-refractivity contribution < 1.29 is 4.79 Å². The predicted octanol–water partition coefficient (Wildman–Crippen LogP) is 4.58. The second-order valence-corrected chi connectivity index (χ2v) is 7.55. The number of para-hydroxylation sites is 2. The van der Waals surface area contributed by atoms with Crippen LogP contribution in [0, 0.1) is 5.92 Å². The van der Waals surface area contributed by atoms with Crippen LogP contribution in [-0.4, -0.2) is 18.0 Å². The van der Waals surface area contributed by atoms with Gasteiger partial charge in [-0.05, 0) is 38.3 Å². The summed E-state index contributed by atoms with van der Waals surface area (Å²) < 4.78 is 0. The monoisotopic (exact) mass is 300 g/mol. The van der Waals surface area contributed by atoms with Crippen molar-refractivity contribution in [3.05, 3.63) is 24.3 Å². The first kappa shape index (κ1) is 15.4. The minimum Gasteiger partial charge on any atom is -0.377 e. The first-order valence-corrected chi connectivity index (χ1v) is 8.73. The third-order valence-corrected chi connectivity index (χ3v) is 5.01. The number of hydrogen-bond acceptors (Lipinski definition) is 2. The average molecular weight is 300 g/mol. The number of benzene rings is 1. The van der Waals surface area contributed by atoms with Crippen molar-refractivity contribution in [1.82, 2.24) is 0 Å². The fraction of sp³-hybridized carbons (Fsp3) is 0.632. The summed E-state index contributed by atoms with van der Waals surface area (Å²) in [6, 6.07) is 8.16. The van der Waals surface area contributed by atoms with Crippen LogP contribution in [0.4, 0.5) is 11.4 Å². The first-order valence-electron chi connectivity index (χ1n) is 8.73. The van der Waals surface area contributed by atoms with Gasteiger partial charge in [-0.15, -0.1) is 0 Å². The Morgan fingerprint density at radius 1 is 1.23 bits per heavy atom. The molecule has 1 amide bonds. The van der Waals surface area contributed by atoms with Crippen molar-refractivity contribution in [2.75, 3.05) is 16.8 Å². The second kappa shape index (κ2) is 6.31. The van der Waals surface area contributed by atoms with E-state index in [0.29, 0.717) is 6.42 Å². The molecule has 1 N–H and O–H groups in total. The van der Waals surface area contributed by atoms with Crippen LogP contribution in [-0.2, 0) is 4.79 Å². The van der Waals surface area contributed by atoms with E-state index in [-0.39, 0.29) is 11.4 Å². The maximum absolute atomic E-state index is 12.8. The molecule has 0 radical (unpaired) electrons. The second-order valence-electron chi connectivity index (χ2n) is 7.55. The van der Waals surface area contributed by atoms with E-state index < -0.39 is 0 Å². The summed E-state index contributed by atoms with van der Waals surface area (Å²) in [4.78, 5) is 14.8. The summed E-state index contributed by atoms with van der Waals surface area (Å²) in [5, 5.41) is 3.53. The summed E-state index contributed by atoms with van der Waals surface area (Å²) in [5.41, 5.74) is 2.04. The lowest BCUT2D eigenvalue weighted by Gasteiger charge is -2.41. The van der Waals surface area contributed by atoms with E-state index in [9.17, 15) is 4.79 Å². The van der Waals surface area contributed by atoms with Crippen LogP contribution in [0.5, 0.6) is 0 Å². The molecule has 22 heavy (non-hydrogen) atoms. The molecule has 3 rings (SSSR count). The Kier molecular flexibility index (Phi) is 4.42. The topological polar surface area (TPSA) is 32.3 Å². The molecule has 2 aliphatic rings. The Bertz CT molecular complexity index is 532. The van der Waals surface area contributed by atoms with Gasteiger partial charge in [0.2, 0.25) is 5.91 Å². The van der Waals surface area contributed by atoms with E-state index in [1.165, 1.54) is 32.1 Å². The lowest BCUT2D eigenvalue weighted by molar-refractivity contribution is -0.119. The first-order chi connectivity index (χ1) is 10.6. The quantitative estimate of drug-likeness (QED) is 0.886. The molecule has 0 bridgehead atoms. The Balaban J connectivity index is 1.68. The molecule has 1 heterocycles. The summed E-state index contributed by atoms with van der Waals surface area (Å²) >= 11 is 0. The molecule has 0 atom stereocenters. The molecular formula is C19H28N2O. The zero-order chi connectivity index (χ0) is 15.6. The van der Waals surface area contributed by atoms with Crippen molar-refractivity contribution >= 4 is 17.3 Å². The highest BCUT2D eigenvalue weighted by Gasteiger charge is 2.32. The number of fused-ring (bicyclic) bond motifs is 1. The Hall–Kier alpha value is -1.51. The van der Waals surface area contributed by atoms with Crippen LogP contribution in [0.3, 0.4) is 0 Å². The van der Waals surface area contributed by atoms with Crippen molar-refractivity contribution in [2.24, 2.45) is 5.92 Å². The van der Waals surface area contributed by atoms with Crippen molar-refractivity contribution in [2.45, 2.75) is 64.3 Å². The maximum atomic E-state index is 12.8. The zero-order valence-corrected chi connectivity index (χ0v) is 13.9. The summed E-state index contributed by atoms with van der Waals surface area (Å²) in [5.74, 6) is 1.05. The molecule has 3 nitrogen and oxygen atoms in total. The molecule has 1 aromatic rings. The third kappa shape index (κ3) is 3.45. The van der Waals surface area contributed by atoms with E-state index in [1.54, 1.807) is 0 Å². The van der Waals surface area contributed by atoms with E-state index in [0.717, 1.165) is 30.3 Å². The molecule has 1 aliphatic heterocycles. The SMILES string of the molecule is CC1(C)CN(C(=O)CCC2CCCCC2)c2ccccc2N1. The standard InChI is InChI=1S/C19H28N2O/c1-19(2)14-21(17-11-7-6-10-16(17)20-19)18(22)13-12-15-8-4-3-5-9-15/h6-7,10-11,15,20H,3-5,8-9,12-14H2,1-2H3. The van der Waals surface area contributed by atoms with Gasteiger partial charge in [0.1, 0.15) is 0 Å². The minimum atomic E-state index is -0.0746. The van der Waals surface area contributed by atoms with Gasteiger partial charge in [0.05, 0.1) is 11.4 Å². The van der Waals surface area contributed by atoms with Gasteiger partial charge in [-0.25, -0.2) is 0 Å². The number of rotatable bonds is 3. The number of nitrogens with one attached hydrogen (secondary N) is 1. The predicted molar refractivity (Wildman–Crippen MR) is 92.3 cm³/mol. The highest BCUT2D eigenvalue weighted by molar-refractivity contribution is 5.98. The van der Waals surface area contributed by atoms with Crippen molar-refractivity contribution in [1.29, 1.82) is 0 Å². The van der Waals surface area contributed by atoms with Crippen LogP contribution in [0.15, 0.2) is 24.3 Å². The summed E-state index contributed by atoms with van der Waals surface area (Å²) in [6.07, 6.45) is 8.46. The van der Waals surface area contributed by atoms with E-state index >= 15 is 0 Å². The molecule has 1 fully saturated rings. The van der Waals surface area contributed by atoms with Crippen molar-refractivity contribution in [3.8, 4) is 0 Å². The van der Waals surface area contributed by atoms with Gasteiger partial charge in [-0.3, -0.25) is 4.79 Å². The fourth-order valence-electron chi connectivity index (χ4n) is 3.86. The van der Waals surface area contributed by atoms with Gasteiger partial charge in [0, 0.05) is 18.5 Å². The molecule has 1 aromatic carbocycles. The highest BCUT2D eigenvalue weighted by atomic mass is 16.2. The van der Waals surface area contributed by atoms with Gasteiger partial charge in [-0.1, -0.05) is 44.2 Å². The molecule has 0 unspecified atom stereocenters. The summed E-state index contributed by atoms with van der Waals surface area (Å²) in [7, 11) is 0. The maximum Gasteiger partial charge on any atom is 0.227 e. The molecule has 0 saturated heterocycles. The molecule has 0 aromatic heterocycles. The lowest BCUT2D eigenvalue weighted by Crippen LogP contribution is -2.50. The number of amides is 1. The normalized spacial score (nSPS) is 21.1. The molecule has 1 aliphatic carbocycles. The van der Waals surface area contributed by atoms with E-state index in [1.807, 2.05) is 17.0 Å². The number of nitrogens with zero attached hydrogens (tertiary/aromatic N) is 1. The van der Waals surface area contributed by atoms with E-state index in [4.69, 9.17) is 0 Å². The Morgan fingerprint density at radius 2 is 1.95 bits per heavy atom. The number of carbonyl (C=O) groups excluding carboxylic acids is 1. The molecular weight excluding hydrogens is 272 g/mol. The van der Waals surface area contributed by atoms with Gasteiger partial charge < -0.3 is 10.2 Å². The highest BCUT2D eigenvalue weighted by Crippen LogP contribution is 2.35. The molecule has 1 saturated carbocycles. The van der Waals surface area contributed by atoms with Gasteiger partial charge >= 0.3 is 0 Å². The van der Waals surface area contributed by atoms with E-state index in [2.05, 4.69) is 31.3 Å².